The first kappa shape index (κ1) is 14.7. The summed E-state index contributed by atoms with van der Waals surface area (Å²) >= 11 is 0. The van der Waals surface area contributed by atoms with Crippen molar-refractivity contribution >= 4 is 0 Å². The highest BCUT2D eigenvalue weighted by molar-refractivity contribution is 4.71. The summed E-state index contributed by atoms with van der Waals surface area (Å²) < 4.78 is 40.7. The molecular weight excluding hydrogens is 207 g/mol. The summed E-state index contributed by atoms with van der Waals surface area (Å²) in [6.45, 7) is 7.26. The van der Waals surface area contributed by atoms with Crippen molar-refractivity contribution in [2.75, 3.05) is 19.7 Å². The fourth-order valence-corrected chi connectivity index (χ4v) is 1.25. The zero-order valence-corrected chi connectivity index (χ0v) is 9.58. The Bertz CT molecular complexity index is 169. The van der Waals surface area contributed by atoms with E-state index in [0.717, 1.165) is 0 Å². The molecule has 1 N–H and O–H groups in total. The summed E-state index contributed by atoms with van der Waals surface area (Å²) in [5.41, 5.74) is -0.313. The number of halogens is 3. The Morgan fingerprint density at radius 1 is 1.20 bits per heavy atom. The maximum Gasteiger partial charge on any atom is 0.389 e. The molecule has 5 heteroatoms. The van der Waals surface area contributed by atoms with E-state index in [4.69, 9.17) is 4.74 Å². The third kappa shape index (κ3) is 10.0. The molecule has 0 aliphatic heterocycles. The van der Waals surface area contributed by atoms with Gasteiger partial charge in [-0.3, -0.25) is 0 Å². The normalized spacial score (nSPS) is 13.2. The lowest BCUT2D eigenvalue weighted by Crippen LogP contribution is -2.38. The predicted octanol–water partition coefficient (Wildman–Crippen LogP) is 2.73. The quantitative estimate of drug-likeness (QED) is 0.675. The van der Waals surface area contributed by atoms with Gasteiger partial charge in [0.1, 0.15) is 0 Å². The van der Waals surface area contributed by atoms with Gasteiger partial charge in [0.05, 0.1) is 5.60 Å². The van der Waals surface area contributed by atoms with E-state index < -0.39 is 12.6 Å². The second-order valence-electron chi connectivity index (χ2n) is 4.09. The van der Waals surface area contributed by atoms with Gasteiger partial charge in [-0.15, -0.1) is 0 Å². The van der Waals surface area contributed by atoms with Gasteiger partial charge >= 0.3 is 6.18 Å². The smallest absolute Gasteiger partial charge is 0.375 e. The molecule has 0 aliphatic carbocycles. The van der Waals surface area contributed by atoms with Crippen molar-refractivity contribution in [1.29, 1.82) is 0 Å². The minimum atomic E-state index is -4.04. The third-order valence-electron chi connectivity index (χ3n) is 1.90. The van der Waals surface area contributed by atoms with Gasteiger partial charge in [0.25, 0.3) is 0 Å². The van der Waals surface area contributed by atoms with Crippen molar-refractivity contribution in [3.63, 3.8) is 0 Å². The zero-order valence-electron chi connectivity index (χ0n) is 9.58. The molecule has 15 heavy (non-hydrogen) atoms. The van der Waals surface area contributed by atoms with Crippen LogP contribution in [-0.4, -0.2) is 31.5 Å². The predicted molar refractivity (Wildman–Crippen MR) is 53.9 cm³/mol. The van der Waals surface area contributed by atoms with E-state index in [9.17, 15) is 13.2 Å². The second kappa shape index (κ2) is 6.33. The molecule has 0 amide bonds. The molecule has 0 aromatic carbocycles. The van der Waals surface area contributed by atoms with Crippen LogP contribution in [0.5, 0.6) is 0 Å². The van der Waals surface area contributed by atoms with Gasteiger partial charge in [-0.1, -0.05) is 0 Å². The lowest BCUT2D eigenvalue weighted by atomic mass is 10.1. The van der Waals surface area contributed by atoms with E-state index in [0.29, 0.717) is 19.7 Å². The fraction of sp³-hybridized carbons (Fsp3) is 1.00. The Kier molecular flexibility index (Phi) is 6.20. The minimum Gasteiger partial charge on any atom is -0.375 e. The first-order chi connectivity index (χ1) is 6.77. The number of hydrogen-bond donors (Lipinski definition) is 1. The molecule has 0 aromatic rings. The third-order valence-corrected chi connectivity index (χ3v) is 1.90. The Balaban J connectivity index is 3.46. The molecule has 0 saturated carbocycles. The van der Waals surface area contributed by atoms with E-state index in [2.05, 4.69) is 5.32 Å². The van der Waals surface area contributed by atoms with E-state index in [1.807, 2.05) is 20.8 Å². The number of nitrogens with one attached hydrogen (secondary N) is 1. The summed E-state index contributed by atoms with van der Waals surface area (Å²) in [5, 5.41) is 2.96. The number of rotatable bonds is 7. The Hall–Kier alpha value is -0.290. The van der Waals surface area contributed by atoms with Crippen LogP contribution in [0.1, 0.15) is 33.6 Å². The van der Waals surface area contributed by atoms with Crippen molar-refractivity contribution in [3.05, 3.63) is 0 Å². The Morgan fingerprint density at radius 3 is 2.27 bits per heavy atom. The monoisotopic (exact) mass is 227 g/mol. The summed E-state index contributed by atoms with van der Waals surface area (Å²) in [4.78, 5) is 0. The lowest BCUT2D eigenvalue weighted by Gasteiger charge is -2.25. The minimum absolute atomic E-state index is 0.117. The highest BCUT2D eigenvalue weighted by Gasteiger charge is 2.26. The van der Waals surface area contributed by atoms with Crippen LogP contribution >= 0.6 is 0 Å². The number of hydrogen-bond acceptors (Lipinski definition) is 2. The standard InChI is InChI=1S/C10H20F3NO/c1-4-15-9(2,3)8-14-7-5-6-10(11,12)13/h14H,4-8H2,1-3H3. The van der Waals surface area contributed by atoms with Crippen LogP contribution in [0.2, 0.25) is 0 Å². The Morgan fingerprint density at radius 2 is 1.80 bits per heavy atom. The van der Waals surface area contributed by atoms with Gasteiger partial charge in [0.15, 0.2) is 0 Å². The highest BCUT2D eigenvalue weighted by Crippen LogP contribution is 2.20. The van der Waals surface area contributed by atoms with E-state index in [1.165, 1.54) is 0 Å². The molecule has 0 bridgehead atoms. The highest BCUT2D eigenvalue weighted by atomic mass is 19.4. The van der Waals surface area contributed by atoms with Crippen LogP contribution in [-0.2, 0) is 4.74 Å². The molecule has 0 rings (SSSR count). The first-order valence-electron chi connectivity index (χ1n) is 5.18. The SMILES string of the molecule is CCOC(C)(C)CNCCCC(F)(F)F. The van der Waals surface area contributed by atoms with Crippen molar-refractivity contribution in [2.45, 2.75) is 45.4 Å². The van der Waals surface area contributed by atoms with Crippen LogP contribution in [0.4, 0.5) is 13.2 Å². The van der Waals surface area contributed by atoms with E-state index in [1.54, 1.807) is 0 Å². The molecule has 92 valence electrons. The first-order valence-corrected chi connectivity index (χ1v) is 5.18. The fourth-order valence-electron chi connectivity index (χ4n) is 1.25. The molecule has 0 saturated heterocycles. The molecule has 0 radical (unpaired) electrons. The summed E-state index contributed by atoms with van der Waals surface area (Å²) in [5.74, 6) is 0. The molecule has 0 fully saturated rings. The lowest BCUT2D eigenvalue weighted by molar-refractivity contribution is -0.135. The zero-order chi connectivity index (χ0) is 11.9. The number of ether oxygens (including phenoxy) is 1. The van der Waals surface area contributed by atoms with Crippen LogP contribution in [0.15, 0.2) is 0 Å². The van der Waals surface area contributed by atoms with Crippen LogP contribution in [0.3, 0.4) is 0 Å². The van der Waals surface area contributed by atoms with Crippen LogP contribution < -0.4 is 5.32 Å². The molecule has 0 heterocycles. The van der Waals surface area contributed by atoms with Gasteiger partial charge < -0.3 is 10.1 Å². The molecule has 0 atom stereocenters. The average molecular weight is 227 g/mol. The summed E-state index contributed by atoms with van der Waals surface area (Å²) in [7, 11) is 0. The van der Waals surface area contributed by atoms with Crippen LogP contribution in [0, 0.1) is 0 Å². The molecule has 0 aliphatic rings. The van der Waals surface area contributed by atoms with Crippen molar-refractivity contribution in [3.8, 4) is 0 Å². The van der Waals surface area contributed by atoms with Gasteiger partial charge in [0, 0.05) is 19.6 Å². The topological polar surface area (TPSA) is 21.3 Å². The molecule has 0 unspecified atom stereocenters. The maximum atomic E-state index is 11.8. The second-order valence-corrected chi connectivity index (χ2v) is 4.09. The van der Waals surface area contributed by atoms with Gasteiger partial charge in [0.2, 0.25) is 0 Å². The van der Waals surface area contributed by atoms with Gasteiger partial charge in [-0.05, 0) is 33.7 Å². The van der Waals surface area contributed by atoms with Crippen LogP contribution in [0.25, 0.3) is 0 Å². The van der Waals surface area contributed by atoms with Crippen molar-refractivity contribution in [1.82, 2.24) is 5.32 Å². The maximum absolute atomic E-state index is 11.8. The van der Waals surface area contributed by atoms with E-state index in [-0.39, 0.29) is 12.0 Å². The summed E-state index contributed by atoms with van der Waals surface area (Å²) in [6.07, 6.45) is -4.65. The molecule has 2 nitrogen and oxygen atoms in total. The van der Waals surface area contributed by atoms with Crippen molar-refractivity contribution in [2.24, 2.45) is 0 Å². The van der Waals surface area contributed by atoms with Crippen molar-refractivity contribution < 1.29 is 17.9 Å². The average Bonchev–Trinajstić information content (AvgIpc) is 2.00. The largest absolute Gasteiger partial charge is 0.389 e. The van der Waals surface area contributed by atoms with Gasteiger partial charge in [-0.25, -0.2) is 0 Å². The molecular formula is C10H20F3NO. The molecule has 0 aromatic heterocycles. The van der Waals surface area contributed by atoms with Gasteiger partial charge in [-0.2, -0.15) is 13.2 Å². The molecule has 0 spiro atoms. The summed E-state index contributed by atoms with van der Waals surface area (Å²) in [6, 6.07) is 0. The Labute approximate surface area is 89.2 Å². The van der Waals surface area contributed by atoms with E-state index >= 15 is 0 Å². The number of alkyl halides is 3.